The molecule has 2 nitrogen and oxygen atoms in total. The van der Waals surface area contributed by atoms with Crippen LogP contribution < -0.4 is 0 Å². The number of benzene rings is 1. The van der Waals surface area contributed by atoms with Gasteiger partial charge in [-0.25, -0.2) is 0 Å². The summed E-state index contributed by atoms with van der Waals surface area (Å²) >= 11 is 12.1. The molecule has 0 radical (unpaired) electrons. The smallest absolute Gasteiger partial charge is 0.309 e. The van der Waals surface area contributed by atoms with Crippen LogP contribution in [0.25, 0.3) is 0 Å². The largest absolute Gasteiger partial charge is 0.481 e. The second kappa shape index (κ2) is 2.93. The van der Waals surface area contributed by atoms with Crippen LogP contribution in [0.3, 0.4) is 0 Å². The van der Waals surface area contributed by atoms with Crippen LogP contribution in [0.15, 0.2) is 18.2 Å². The van der Waals surface area contributed by atoms with Gasteiger partial charge in [-0.05, 0) is 43.0 Å². The fourth-order valence-electron chi connectivity index (χ4n) is 3.20. The molecule has 2 bridgehead atoms. The molecule has 0 aliphatic heterocycles. The van der Waals surface area contributed by atoms with Gasteiger partial charge in [-0.1, -0.05) is 23.2 Å². The van der Waals surface area contributed by atoms with Crippen molar-refractivity contribution in [2.75, 3.05) is 0 Å². The molecule has 3 aliphatic carbocycles. The van der Waals surface area contributed by atoms with Gasteiger partial charge in [0, 0.05) is 15.5 Å². The van der Waals surface area contributed by atoms with E-state index >= 15 is 0 Å². The number of hydrogen-bond acceptors (Lipinski definition) is 1. The van der Waals surface area contributed by atoms with Crippen LogP contribution in [-0.4, -0.2) is 11.1 Å². The molecule has 0 aromatic heterocycles. The van der Waals surface area contributed by atoms with Gasteiger partial charge in [-0.2, -0.15) is 0 Å². The maximum atomic E-state index is 11.0. The van der Waals surface area contributed by atoms with Crippen LogP contribution in [0.4, 0.5) is 0 Å². The van der Waals surface area contributed by atoms with Gasteiger partial charge in [0.15, 0.2) is 0 Å². The van der Waals surface area contributed by atoms with Crippen LogP contribution in [0.2, 0.25) is 10.0 Å². The number of carboxylic acids is 1. The molecule has 0 amide bonds. The lowest BCUT2D eigenvalue weighted by Gasteiger charge is -2.68. The molecule has 3 saturated carbocycles. The molecule has 0 atom stereocenters. The van der Waals surface area contributed by atoms with Gasteiger partial charge in [-0.15, -0.1) is 0 Å². The minimum Gasteiger partial charge on any atom is -0.481 e. The highest BCUT2D eigenvalue weighted by atomic mass is 35.5. The van der Waals surface area contributed by atoms with E-state index in [1.54, 1.807) is 12.1 Å². The monoisotopic (exact) mass is 256 g/mol. The first-order chi connectivity index (χ1) is 7.47. The van der Waals surface area contributed by atoms with Crippen molar-refractivity contribution in [2.24, 2.45) is 5.41 Å². The average molecular weight is 257 g/mol. The van der Waals surface area contributed by atoms with Crippen molar-refractivity contribution >= 4 is 29.2 Å². The Kier molecular flexibility index (Phi) is 1.91. The number of carbonyl (C=O) groups is 1. The zero-order chi connectivity index (χ0) is 11.6. The molecule has 1 aromatic rings. The molecule has 0 unspecified atom stereocenters. The zero-order valence-corrected chi connectivity index (χ0v) is 9.98. The van der Waals surface area contributed by atoms with Crippen molar-refractivity contribution < 1.29 is 9.90 Å². The number of aliphatic carboxylic acids is 1. The Morgan fingerprint density at radius 2 is 1.88 bits per heavy atom. The van der Waals surface area contributed by atoms with Crippen LogP contribution in [0, 0.1) is 5.41 Å². The van der Waals surface area contributed by atoms with Gasteiger partial charge in [0.25, 0.3) is 0 Å². The van der Waals surface area contributed by atoms with Crippen LogP contribution in [0.5, 0.6) is 0 Å². The summed E-state index contributed by atoms with van der Waals surface area (Å²) in [5.41, 5.74) is 0.538. The first-order valence-corrected chi connectivity index (χ1v) is 5.92. The van der Waals surface area contributed by atoms with Crippen LogP contribution in [0.1, 0.15) is 24.8 Å². The highest BCUT2D eigenvalue weighted by Gasteiger charge is 2.72. The summed E-state index contributed by atoms with van der Waals surface area (Å²) in [6.45, 7) is 0. The van der Waals surface area contributed by atoms with Gasteiger partial charge >= 0.3 is 5.97 Å². The molecule has 16 heavy (non-hydrogen) atoms. The average Bonchev–Trinajstić information content (AvgIpc) is 2.05. The van der Waals surface area contributed by atoms with Crippen molar-refractivity contribution in [1.29, 1.82) is 0 Å². The molecule has 1 aromatic carbocycles. The van der Waals surface area contributed by atoms with Gasteiger partial charge < -0.3 is 5.11 Å². The Labute approximate surface area is 103 Å². The van der Waals surface area contributed by atoms with Crippen molar-refractivity contribution in [1.82, 2.24) is 0 Å². The summed E-state index contributed by atoms with van der Waals surface area (Å²) in [5.74, 6) is -0.674. The molecule has 0 spiro atoms. The number of rotatable bonds is 2. The maximum Gasteiger partial charge on any atom is 0.309 e. The van der Waals surface area contributed by atoms with Crippen molar-refractivity contribution in [2.45, 2.75) is 24.7 Å². The van der Waals surface area contributed by atoms with Gasteiger partial charge in [-0.3, -0.25) is 4.79 Å². The number of hydrogen-bond donors (Lipinski definition) is 1. The summed E-state index contributed by atoms with van der Waals surface area (Å²) in [5, 5.41) is 10.4. The summed E-state index contributed by atoms with van der Waals surface area (Å²) in [7, 11) is 0. The minimum absolute atomic E-state index is 0.0135. The van der Waals surface area contributed by atoms with E-state index in [1.165, 1.54) is 0 Å². The van der Waals surface area contributed by atoms with E-state index in [1.807, 2.05) is 6.07 Å². The minimum atomic E-state index is -0.674. The second-order valence-electron chi connectivity index (χ2n) is 5.02. The highest BCUT2D eigenvalue weighted by Crippen LogP contribution is 2.74. The number of carboxylic acid groups (broad SMARTS) is 1. The van der Waals surface area contributed by atoms with Gasteiger partial charge in [0.2, 0.25) is 0 Å². The Morgan fingerprint density at radius 3 is 2.44 bits per heavy atom. The Balaban J connectivity index is 1.93. The molecule has 0 heterocycles. The lowest BCUT2D eigenvalue weighted by atomic mass is 9.33. The van der Waals surface area contributed by atoms with E-state index in [0.717, 1.165) is 5.56 Å². The molecule has 3 fully saturated rings. The summed E-state index contributed by atoms with van der Waals surface area (Å²) in [6.07, 6.45) is 2.11. The second-order valence-corrected chi connectivity index (χ2v) is 5.86. The molecule has 4 heteroatoms. The van der Waals surface area contributed by atoms with E-state index in [0.29, 0.717) is 29.3 Å². The lowest BCUT2D eigenvalue weighted by molar-refractivity contribution is -0.194. The normalized spacial score (nSPS) is 35.1. The molecule has 3 aliphatic rings. The predicted molar refractivity (Wildman–Crippen MR) is 62.1 cm³/mol. The first kappa shape index (κ1) is 10.4. The predicted octanol–water partition coefficient (Wildman–Crippen LogP) is 3.50. The molecule has 84 valence electrons. The summed E-state index contributed by atoms with van der Waals surface area (Å²) < 4.78 is 0. The van der Waals surface area contributed by atoms with Crippen LogP contribution >= 0.6 is 23.2 Å². The van der Waals surface area contributed by atoms with Gasteiger partial charge in [0.05, 0.1) is 5.41 Å². The molecule has 0 saturated heterocycles. The zero-order valence-electron chi connectivity index (χ0n) is 8.46. The van der Waals surface area contributed by atoms with Crippen LogP contribution in [-0.2, 0) is 10.2 Å². The third-order valence-corrected chi connectivity index (χ3v) is 4.55. The summed E-state index contributed by atoms with van der Waals surface area (Å²) in [4.78, 5) is 11.0. The van der Waals surface area contributed by atoms with E-state index in [4.69, 9.17) is 28.3 Å². The third kappa shape index (κ3) is 1.12. The lowest BCUT2D eigenvalue weighted by Crippen LogP contribution is -2.68. The van der Waals surface area contributed by atoms with Crippen molar-refractivity contribution in [3.8, 4) is 0 Å². The maximum absolute atomic E-state index is 11.0. The fraction of sp³-hybridized carbons (Fsp3) is 0.417. The van der Waals surface area contributed by atoms with E-state index in [-0.39, 0.29) is 5.41 Å². The van der Waals surface area contributed by atoms with Crippen molar-refractivity contribution in [3.63, 3.8) is 0 Å². The van der Waals surface area contributed by atoms with E-state index in [9.17, 15) is 4.79 Å². The SMILES string of the molecule is O=C(O)C12CC(c3cc(Cl)ccc3Cl)(C1)C2. The Morgan fingerprint density at radius 1 is 1.25 bits per heavy atom. The van der Waals surface area contributed by atoms with E-state index < -0.39 is 11.4 Å². The molecule has 1 N–H and O–H groups in total. The Bertz CT molecular complexity index is 476. The highest BCUT2D eigenvalue weighted by molar-refractivity contribution is 6.33. The van der Waals surface area contributed by atoms with Crippen molar-refractivity contribution in [3.05, 3.63) is 33.8 Å². The molecular weight excluding hydrogens is 247 g/mol. The third-order valence-electron chi connectivity index (χ3n) is 3.98. The van der Waals surface area contributed by atoms with E-state index in [2.05, 4.69) is 0 Å². The summed E-state index contributed by atoms with van der Waals surface area (Å²) in [6, 6.07) is 5.41. The topological polar surface area (TPSA) is 37.3 Å². The molecule has 4 rings (SSSR count). The quantitative estimate of drug-likeness (QED) is 0.880. The first-order valence-electron chi connectivity index (χ1n) is 5.17. The molecular formula is C12H10Cl2O2. The Hall–Kier alpha value is -0.730. The fourth-order valence-corrected chi connectivity index (χ4v) is 3.69. The van der Waals surface area contributed by atoms with Gasteiger partial charge in [0.1, 0.15) is 0 Å². The number of halogens is 2. The standard InChI is InChI=1S/C12H10Cl2O2/c13-7-1-2-9(14)8(3-7)11-4-12(5-11,6-11)10(15)16/h1-3H,4-6H2,(H,15,16).